The molecule has 0 unspecified atom stereocenters. The second kappa shape index (κ2) is 5.71. The van der Waals surface area contributed by atoms with E-state index in [1.807, 2.05) is 4.90 Å². The Morgan fingerprint density at radius 2 is 2.05 bits per heavy atom. The first-order chi connectivity index (χ1) is 10.4. The fraction of sp³-hybridized carbons (Fsp3) is 0.778. The van der Waals surface area contributed by atoms with Gasteiger partial charge in [-0.3, -0.25) is 4.79 Å². The fourth-order valence-electron chi connectivity index (χ4n) is 3.85. The molecule has 2 heterocycles. The lowest BCUT2D eigenvalue weighted by molar-refractivity contribution is 0.0623. The Morgan fingerprint density at radius 3 is 2.73 bits per heavy atom. The molecule has 1 saturated heterocycles. The van der Waals surface area contributed by atoms with Crippen LogP contribution in [0.4, 0.5) is 0 Å². The van der Waals surface area contributed by atoms with Gasteiger partial charge in [-0.25, -0.2) is 0 Å². The van der Waals surface area contributed by atoms with E-state index in [9.17, 15) is 4.79 Å². The van der Waals surface area contributed by atoms with Crippen LogP contribution in [-0.2, 0) is 12.8 Å². The summed E-state index contributed by atoms with van der Waals surface area (Å²) in [5, 5.41) is 4.16. The first kappa shape index (κ1) is 15.6. The molecule has 0 N–H and O–H groups in total. The largest absolute Gasteiger partial charge is 0.360 e. The summed E-state index contributed by atoms with van der Waals surface area (Å²) in [6.07, 6.45) is 6.36. The van der Waals surface area contributed by atoms with Gasteiger partial charge in [-0.2, -0.15) is 0 Å². The van der Waals surface area contributed by atoms with Crippen LogP contribution >= 0.6 is 0 Å². The number of nitrogens with zero attached hydrogens (tertiary/aromatic N) is 2. The average molecular weight is 304 g/mol. The van der Waals surface area contributed by atoms with Crippen LogP contribution in [0, 0.1) is 11.3 Å². The highest BCUT2D eigenvalue weighted by molar-refractivity contribution is 5.94. The minimum atomic E-state index is 0.0757. The van der Waals surface area contributed by atoms with Gasteiger partial charge in [0.25, 0.3) is 5.91 Å². The Kier molecular flexibility index (Phi) is 4.04. The number of hydrogen-bond donors (Lipinski definition) is 0. The molecule has 4 nitrogen and oxygen atoms in total. The van der Waals surface area contributed by atoms with Crippen molar-refractivity contribution in [1.29, 1.82) is 0 Å². The van der Waals surface area contributed by atoms with Gasteiger partial charge in [0.15, 0.2) is 5.69 Å². The number of piperidine rings is 1. The highest BCUT2D eigenvalue weighted by Crippen LogP contribution is 2.38. The summed E-state index contributed by atoms with van der Waals surface area (Å²) in [7, 11) is 0. The van der Waals surface area contributed by atoms with Crippen LogP contribution in [0.25, 0.3) is 0 Å². The summed E-state index contributed by atoms with van der Waals surface area (Å²) in [4.78, 5) is 14.9. The third kappa shape index (κ3) is 2.80. The predicted octanol–water partition coefficient (Wildman–Crippen LogP) is 3.84. The van der Waals surface area contributed by atoms with Crippen LogP contribution in [-0.4, -0.2) is 28.6 Å². The van der Waals surface area contributed by atoms with E-state index in [2.05, 4.69) is 32.9 Å². The number of fused-ring (bicyclic) bond motifs is 1. The molecule has 1 fully saturated rings. The minimum absolute atomic E-state index is 0.0757. The normalized spacial score (nSPS) is 25.9. The van der Waals surface area contributed by atoms with Crippen molar-refractivity contribution in [2.75, 3.05) is 6.54 Å². The monoisotopic (exact) mass is 304 g/mol. The van der Waals surface area contributed by atoms with Crippen molar-refractivity contribution < 1.29 is 9.32 Å². The summed E-state index contributed by atoms with van der Waals surface area (Å²) in [5.41, 5.74) is 1.92. The van der Waals surface area contributed by atoms with E-state index in [1.165, 1.54) is 6.42 Å². The van der Waals surface area contributed by atoms with Gasteiger partial charge in [0.2, 0.25) is 0 Å². The SMILES string of the molecule is C[C@H]1CCCCN1C(=O)c1noc2c1C[C@H](C(C)(C)C)CC2. The summed E-state index contributed by atoms with van der Waals surface area (Å²) < 4.78 is 5.50. The number of amides is 1. The van der Waals surface area contributed by atoms with Gasteiger partial charge in [0.05, 0.1) is 0 Å². The molecule has 22 heavy (non-hydrogen) atoms. The maximum absolute atomic E-state index is 12.9. The smallest absolute Gasteiger partial charge is 0.276 e. The van der Waals surface area contributed by atoms with Crippen molar-refractivity contribution in [3.63, 3.8) is 0 Å². The summed E-state index contributed by atoms with van der Waals surface area (Å²) in [5.74, 6) is 1.60. The van der Waals surface area contributed by atoms with E-state index in [1.54, 1.807) is 0 Å². The first-order valence-corrected chi connectivity index (χ1v) is 8.66. The summed E-state index contributed by atoms with van der Waals surface area (Å²) in [6.45, 7) is 9.84. The molecule has 1 aromatic rings. The molecule has 2 aliphatic rings. The molecule has 1 aromatic heterocycles. The number of aromatic nitrogens is 1. The Bertz CT molecular complexity index is 556. The third-order valence-corrected chi connectivity index (χ3v) is 5.53. The van der Waals surface area contributed by atoms with Crippen molar-refractivity contribution in [3.05, 3.63) is 17.0 Å². The molecule has 0 radical (unpaired) electrons. The summed E-state index contributed by atoms with van der Waals surface area (Å²) in [6, 6.07) is 0.315. The Hall–Kier alpha value is -1.32. The lowest BCUT2D eigenvalue weighted by atomic mass is 9.71. The number of carbonyl (C=O) groups excluding carboxylic acids is 1. The molecular formula is C18H28N2O2. The maximum Gasteiger partial charge on any atom is 0.276 e. The van der Waals surface area contributed by atoms with E-state index < -0.39 is 0 Å². The zero-order valence-electron chi connectivity index (χ0n) is 14.3. The molecule has 4 heteroatoms. The first-order valence-electron chi connectivity index (χ1n) is 8.66. The summed E-state index contributed by atoms with van der Waals surface area (Å²) >= 11 is 0. The van der Waals surface area contributed by atoms with Gasteiger partial charge < -0.3 is 9.42 Å². The van der Waals surface area contributed by atoms with Crippen LogP contribution in [0.3, 0.4) is 0 Å². The van der Waals surface area contributed by atoms with Gasteiger partial charge in [0, 0.05) is 24.6 Å². The molecule has 1 amide bonds. The van der Waals surface area contributed by atoms with E-state index in [0.29, 0.717) is 17.7 Å². The van der Waals surface area contributed by atoms with Crippen molar-refractivity contribution in [1.82, 2.24) is 10.1 Å². The van der Waals surface area contributed by atoms with E-state index in [4.69, 9.17) is 4.52 Å². The Balaban J connectivity index is 1.84. The van der Waals surface area contributed by atoms with Crippen LogP contribution in [0.1, 0.15) is 75.2 Å². The van der Waals surface area contributed by atoms with Crippen LogP contribution in [0.2, 0.25) is 0 Å². The van der Waals surface area contributed by atoms with Crippen molar-refractivity contribution in [3.8, 4) is 0 Å². The van der Waals surface area contributed by atoms with Crippen LogP contribution in [0.5, 0.6) is 0 Å². The average Bonchev–Trinajstić information content (AvgIpc) is 2.89. The molecule has 122 valence electrons. The standard InChI is InChI=1S/C18H28N2O2/c1-12-7-5-6-10-20(12)17(21)16-14-11-13(18(2,3)4)8-9-15(14)22-19-16/h12-13H,5-11H2,1-4H3/t12-,13+/m0/s1. The quantitative estimate of drug-likeness (QED) is 0.792. The Morgan fingerprint density at radius 1 is 1.27 bits per heavy atom. The zero-order chi connectivity index (χ0) is 15.9. The van der Waals surface area contributed by atoms with E-state index >= 15 is 0 Å². The molecular weight excluding hydrogens is 276 g/mol. The van der Waals surface area contributed by atoms with Crippen molar-refractivity contribution in [2.24, 2.45) is 11.3 Å². The predicted molar refractivity (Wildman–Crippen MR) is 85.8 cm³/mol. The number of carbonyl (C=O) groups is 1. The highest BCUT2D eigenvalue weighted by atomic mass is 16.5. The lowest BCUT2D eigenvalue weighted by Crippen LogP contribution is -2.42. The number of rotatable bonds is 1. The maximum atomic E-state index is 12.9. The molecule has 1 aliphatic heterocycles. The van der Waals surface area contributed by atoms with E-state index in [0.717, 1.165) is 50.0 Å². The number of hydrogen-bond acceptors (Lipinski definition) is 3. The lowest BCUT2D eigenvalue weighted by Gasteiger charge is -2.35. The fourth-order valence-corrected chi connectivity index (χ4v) is 3.85. The molecule has 2 atom stereocenters. The van der Waals surface area contributed by atoms with Gasteiger partial charge in [-0.05, 0) is 50.4 Å². The highest BCUT2D eigenvalue weighted by Gasteiger charge is 2.36. The van der Waals surface area contributed by atoms with Gasteiger partial charge in [0.1, 0.15) is 5.76 Å². The number of likely N-dealkylation sites (tertiary alicyclic amines) is 1. The topological polar surface area (TPSA) is 46.3 Å². The molecule has 0 aromatic carbocycles. The molecule has 1 aliphatic carbocycles. The van der Waals surface area contributed by atoms with E-state index in [-0.39, 0.29) is 11.3 Å². The molecule has 0 spiro atoms. The van der Waals surface area contributed by atoms with Crippen LogP contribution < -0.4 is 0 Å². The van der Waals surface area contributed by atoms with Crippen LogP contribution in [0.15, 0.2) is 4.52 Å². The molecule has 3 rings (SSSR count). The van der Waals surface area contributed by atoms with Crippen molar-refractivity contribution >= 4 is 5.91 Å². The van der Waals surface area contributed by atoms with Crippen molar-refractivity contribution in [2.45, 2.75) is 72.3 Å². The second-order valence-electron chi connectivity index (χ2n) is 8.08. The number of aryl methyl sites for hydroxylation is 1. The molecule has 0 saturated carbocycles. The van der Waals surface area contributed by atoms with Gasteiger partial charge in [-0.1, -0.05) is 25.9 Å². The minimum Gasteiger partial charge on any atom is -0.360 e. The zero-order valence-corrected chi connectivity index (χ0v) is 14.3. The van der Waals surface area contributed by atoms with Gasteiger partial charge in [-0.15, -0.1) is 0 Å². The third-order valence-electron chi connectivity index (χ3n) is 5.53. The molecule has 0 bridgehead atoms. The Labute approximate surface area is 133 Å². The second-order valence-corrected chi connectivity index (χ2v) is 8.08. The van der Waals surface area contributed by atoms with Gasteiger partial charge >= 0.3 is 0 Å².